The van der Waals surface area contributed by atoms with Crippen molar-refractivity contribution in [2.45, 2.75) is 13.8 Å². The van der Waals surface area contributed by atoms with Crippen LogP contribution in [0.4, 0.5) is 5.69 Å². The van der Waals surface area contributed by atoms with Crippen LogP contribution >= 0.6 is 0 Å². The molecule has 0 bridgehead atoms. The summed E-state index contributed by atoms with van der Waals surface area (Å²) < 4.78 is 11.5. The fourth-order valence-corrected chi connectivity index (χ4v) is 3.36. The molecule has 2 N–H and O–H groups in total. The maximum Gasteiger partial charge on any atom is 0.338 e. The summed E-state index contributed by atoms with van der Waals surface area (Å²) in [7, 11) is 1.45. The molecule has 0 unspecified atom stereocenters. The van der Waals surface area contributed by atoms with E-state index in [2.05, 4.69) is 15.3 Å². The lowest BCUT2D eigenvalue weighted by Crippen LogP contribution is -2.27. The highest BCUT2D eigenvalue weighted by atomic mass is 16.5. The third-order valence-electron chi connectivity index (χ3n) is 5.35. The number of carbonyl (C=O) groups is 2. The van der Waals surface area contributed by atoms with Crippen molar-refractivity contribution in [3.8, 4) is 17.2 Å². The molecule has 1 aromatic heterocycles. The average Bonchev–Trinajstić information content (AvgIpc) is 2.87. The maximum absolute atomic E-state index is 12.8. The lowest BCUT2D eigenvalue weighted by Gasteiger charge is -2.17. The van der Waals surface area contributed by atoms with E-state index >= 15 is 0 Å². The summed E-state index contributed by atoms with van der Waals surface area (Å²) >= 11 is 0. The van der Waals surface area contributed by atoms with Gasteiger partial charge in [0.05, 0.1) is 12.7 Å². The molecule has 2 aromatic carbocycles. The van der Waals surface area contributed by atoms with Crippen LogP contribution in [0.1, 0.15) is 34.7 Å². The van der Waals surface area contributed by atoms with Gasteiger partial charge >= 0.3 is 5.97 Å². The van der Waals surface area contributed by atoms with Gasteiger partial charge in [-0.1, -0.05) is 26.0 Å². The van der Waals surface area contributed by atoms with E-state index in [-0.39, 0.29) is 12.3 Å². The Labute approximate surface area is 202 Å². The van der Waals surface area contributed by atoms with Crippen molar-refractivity contribution in [2.24, 2.45) is 0 Å². The summed E-state index contributed by atoms with van der Waals surface area (Å²) in [5.74, 6) is -1.38. The Morgan fingerprint density at radius 2 is 1.77 bits per heavy atom. The van der Waals surface area contributed by atoms with Crippen LogP contribution in [0.25, 0.3) is 5.69 Å². The topological polar surface area (TPSA) is 123 Å². The second-order valence-corrected chi connectivity index (χ2v) is 7.49. The number of para-hydroxylation sites is 2. The number of likely N-dealkylation sites (N-methyl/N-ethyl adjacent to an activating group) is 1. The van der Waals surface area contributed by atoms with Gasteiger partial charge in [-0.05, 0) is 49.5 Å². The standard InChI is InChI=1S/C25H28N4O6/c1-4-28(5-2)14-15-35-25(33)17-10-12-18(13-11-17)26-24(32)23-20(30)16-22(31)29(27-23)19-8-6-7-9-21(19)34-3/h6-13,16,30H,4-5,14-15H2,1-3H3,(H,26,32). The van der Waals surface area contributed by atoms with Gasteiger partial charge in [-0.3, -0.25) is 9.59 Å². The summed E-state index contributed by atoms with van der Waals surface area (Å²) in [5, 5.41) is 16.8. The highest BCUT2D eigenvalue weighted by Crippen LogP contribution is 2.22. The number of carbonyl (C=O) groups excluding carboxylic acids is 2. The number of hydrogen-bond acceptors (Lipinski definition) is 8. The van der Waals surface area contributed by atoms with Crippen LogP contribution in [0.5, 0.6) is 11.5 Å². The van der Waals surface area contributed by atoms with Gasteiger partial charge in [-0.2, -0.15) is 9.78 Å². The molecule has 1 amide bonds. The number of nitrogens with one attached hydrogen (secondary N) is 1. The highest BCUT2D eigenvalue weighted by Gasteiger charge is 2.19. The molecule has 0 spiro atoms. The first-order valence-corrected chi connectivity index (χ1v) is 11.2. The summed E-state index contributed by atoms with van der Waals surface area (Å²) in [6, 6.07) is 13.7. The number of amides is 1. The van der Waals surface area contributed by atoms with Crippen LogP contribution in [0.2, 0.25) is 0 Å². The molecule has 0 aliphatic heterocycles. The van der Waals surface area contributed by atoms with E-state index in [0.717, 1.165) is 23.8 Å². The van der Waals surface area contributed by atoms with E-state index in [1.54, 1.807) is 24.3 Å². The van der Waals surface area contributed by atoms with Gasteiger partial charge < -0.3 is 24.8 Å². The fourth-order valence-electron chi connectivity index (χ4n) is 3.36. The number of nitrogens with zero attached hydrogens (tertiary/aromatic N) is 3. The van der Waals surface area contributed by atoms with Crippen LogP contribution in [-0.2, 0) is 4.74 Å². The molecule has 3 rings (SSSR count). The third kappa shape index (κ3) is 6.24. The minimum Gasteiger partial charge on any atom is -0.505 e. The first-order valence-electron chi connectivity index (χ1n) is 11.2. The van der Waals surface area contributed by atoms with Crippen molar-refractivity contribution in [1.82, 2.24) is 14.7 Å². The van der Waals surface area contributed by atoms with E-state index in [9.17, 15) is 19.5 Å². The predicted molar refractivity (Wildman–Crippen MR) is 131 cm³/mol. The number of aromatic hydroxyl groups is 1. The van der Waals surface area contributed by atoms with Gasteiger partial charge in [0.1, 0.15) is 18.0 Å². The smallest absolute Gasteiger partial charge is 0.338 e. The zero-order valence-electron chi connectivity index (χ0n) is 19.9. The highest BCUT2D eigenvalue weighted by molar-refractivity contribution is 6.04. The number of esters is 1. The Balaban J connectivity index is 1.72. The second kappa shape index (κ2) is 11.8. The third-order valence-corrected chi connectivity index (χ3v) is 5.35. The number of rotatable bonds is 10. The molecule has 0 atom stereocenters. The molecule has 10 heteroatoms. The van der Waals surface area contributed by atoms with Crippen molar-refractivity contribution < 1.29 is 24.2 Å². The minimum atomic E-state index is -0.735. The molecular formula is C25H28N4O6. The lowest BCUT2D eigenvalue weighted by molar-refractivity contribution is 0.0466. The summed E-state index contributed by atoms with van der Waals surface area (Å²) in [5.41, 5.74) is 0.0416. The Hall–Kier alpha value is -4.18. The Bertz CT molecular complexity index is 1240. The largest absolute Gasteiger partial charge is 0.505 e. The number of anilines is 1. The second-order valence-electron chi connectivity index (χ2n) is 7.49. The molecule has 184 valence electrons. The average molecular weight is 481 g/mol. The molecule has 1 heterocycles. The molecule has 0 saturated heterocycles. The van der Waals surface area contributed by atoms with Gasteiger partial charge in [-0.25, -0.2) is 4.79 Å². The predicted octanol–water partition coefficient (Wildman–Crippen LogP) is 2.70. The van der Waals surface area contributed by atoms with Gasteiger partial charge in [0.25, 0.3) is 11.5 Å². The van der Waals surface area contributed by atoms with Crippen molar-refractivity contribution in [3.63, 3.8) is 0 Å². The van der Waals surface area contributed by atoms with Crippen LogP contribution < -0.4 is 15.6 Å². The molecule has 3 aromatic rings. The lowest BCUT2D eigenvalue weighted by atomic mass is 10.2. The van der Waals surface area contributed by atoms with E-state index in [0.29, 0.717) is 29.2 Å². The summed E-state index contributed by atoms with van der Waals surface area (Å²) in [6.45, 7) is 6.78. The van der Waals surface area contributed by atoms with Crippen molar-refractivity contribution in [1.29, 1.82) is 0 Å². The number of benzene rings is 2. The zero-order valence-corrected chi connectivity index (χ0v) is 19.9. The van der Waals surface area contributed by atoms with Gasteiger partial charge in [-0.15, -0.1) is 0 Å². The van der Waals surface area contributed by atoms with Crippen LogP contribution in [0, 0.1) is 0 Å². The van der Waals surface area contributed by atoms with E-state index in [4.69, 9.17) is 9.47 Å². The number of aromatic nitrogens is 2. The van der Waals surface area contributed by atoms with Crippen LogP contribution in [0.3, 0.4) is 0 Å². The molecule has 35 heavy (non-hydrogen) atoms. The maximum atomic E-state index is 12.8. The molecule has 0 fully saturated rings. The van der Waals surface area contributed by atoms with Crippen LogP contribution in [-0.4, -0.2) is 65.0 Å². The Morgan fingerprint density at radius 3 is 2.43 bits per heavy atom. The molecule has 0 aliphatic rings. The van der Waals surface area contributed by atoms with E-state index < -0.39 is 23.2 Å². The van der Waals surface area contributed by atoms with Gasteiger partial charge in [0, 0.05) is 18.3 Å². The van der Waals surface area contributed by atoms with E-state index in [1.165, 1.54) is 31.4 Å². The van der Waals surface area contributed by atoms with Crippen molar-refractivity contribution >= 4 is 17.6 Å². The molecule has 10 nitrogen and oxygen atoms in total. The first-order chi connectivity index (χ1) is 16.9. The van der Waals surface area contributed by atoms with Gasteiger partial charge in [0.15, 0.2) is 11.4 Å². The summed E-state index contributed by atoms with van der Waals surface area (Å²) in [4.78, 5) is 39.6. The SMILES string of the molecule is CCN(CC)CCOC(=O)c1ccc(NC(=O)c2nn(-c3ccccc3OC)c(=O)cc2O)cc1. The van der Waals surface area contributed by atoms with Gasteiger partial charge in [0.2, 0.25) is 0 Å². The number of methoxy groups -OCH3 is 1. The van der Waals surface area contributed by atoms with E-state index in [1.807, 2.05) is 13.8 Å². The first kappa shape index (κ1) is 25.4. The monoisotopic (exact) mass is 480 g/mol. The Kier molecular flexibility index (Phi) is 8.58. The normalized spacial score (nSPS) is 10.7. The zero-order chi connectivity index (χ0) is 25.4. The quantitative estimate of drug-likeness (QED) is 0.425. The Morgan fingerprint density at radius 1 is 1.09 bits per heavy atom. The van der Waals surface area contributed by atoms with Crippen LogP contribution in [0.15, 0.2) is 59.4 Å². The molecule has 0 saturated carbocycles. The number of ether oxygens (including phenoxy) is 2. The summed E-state index contributed by atoms with van der Waals surface area (Å²) in [6.07, 6.45) is 0. The fraction of sp³-hybridized carbons (Fsp3) is 0.280. The molecular weight excluding hydrogens is 452 g/mol. The van der Waals surface area contributed by atoms with Crippen molar-refractivity contribution in [3.05, 3.63) is 76.2 Å². The molecule has 0 aliphatic carbocycles. The van der Waals surface area contributed by atoms with Crippen molar-refractivity contribution in [2.75, 3.05) is 38.7 Å². The number of hydrogen-bond donors (Lipinski definition) is 2. The molecule has 0 radical (unpaired) electrons. The minimum absolute atomic E-state index is 0.284.